The van der Waals surface area contributed by atoms with Gasteiger partial charge in [-0.25, -0.2) is 0 Å². The average Bonchev–Trinajstić information content (AvgIpc) is 3.06. The van der Waals surface area contributed by atoms with Crippen molar-refractivity contribution in [1.82, 2.24) is 9.78 Å². The largest absolute Gasteiger partial charge is 0.407 e. The van der Waals surface area contributed by atoms with Gasteiger partial charge in [-0.1, -0.05) is 64.4 Å². The summed E-state index contributed by atoms with van der Waals surface area (Å²) in [6.07, 6.45) is 0.437. The summed E-state index contributed by atoms with van der Waals surface area (Å²) in [6.45, 7) is 13.6. The number of hydrogen-bond acceptors (Lipinski definition) is 4. The minimum absolute atomic E-state index is 0.0223. The van der Waals surface area contributed by atoms with E-state index in [2.05, 4.69) is 19.2 Å². The summed E-state index contributed by atoms with van der Waals surface area (Å²) >= 11 is 0. The molecule has 3 rings (SSSR count). The van der Waals surface area contributed by atoms with Gasteiger partial charge in [0.25, 0.3) is 0 Å². The van der Waals surface area contributed by atoms with Gasteiger partial charge in [0, 0.05) is 19.0 Å². The van der Waals surface area contributed by atoms with Crippen molar-refractivity contribution in [3.05, 3.63) is 59.8 Å². The third-order valence-corrected chi connectivity index (χ3v) is 5.08. The normalized spacial score (nSPS) is 11.5. The van der Waals surface area contributed by atoms with Gasteiger partial charge in [-0.2, -0.15) is 9.78 Å². The van der Waals surface area contributed by atoms with E-state index in [1.807, 2.05) is 76.2 Å². The number of amides is 1. The zero-order valence-electron chi connectivity index (χ0n) is 20.5. The monoisotopic (exact) mass is 447 g/mol. The third kappa shape index (κ3) is 6.09. The number of nitrogens with one attached hydrogen (secondary N) is 1. The first-order valence-corrected chi connectivity index (χ1v) is 11.2. The molecule has 0 fully saturated rings. The average molecular weight is 448 g/mol. The first kappa shape index (κ1) is 24.2. The standard InChI is InChI=1S/C27H33N3O3/c1-17(2)25-24(20-10-12-21(13-11-20)28-23(32)16-27(5,6)7)26(33-19(4)31)30(29-25)22-14-8-18(3)9-15-22/h8-15,17H,16H2,1-7H3,(H,28,32). The second kappa shape index (κ2) is 9.61. The first-order valence-electron chi connectivity index (χ1n) is 11.2. The second-order valence-corrected chi connectivity index (χ2v) is 9.92. The lowest BCUT2D eigenvalue weighted by molar-refractivity contribution is -0.132. The SMILES string of the molecule is CC(=O)Oc1c(-c2ccc(NC(=O)CC(C)(C)C)cc2)c(C(C)C)nn1-c1ccc(C)cc1. The van der Waals surface area contributed by atoms with E-state index in [1.165, 1.54) is 6.92 Å². The molecule has 0 spiro atoms. The fourth-order valence-corrected chi connectivity index (χ4v) is 3.59. The topological polar surface area (TPSA) is 73.2 Å². The highest BCUT2D eigenvalue weighted by Crippen LogP contribution is 2.39. The Bertz CT molecular complexity index is 1140. The molecule has 0 aliphatic carbocycles. The molecule has 1 heterocycles. The van der Waals surface area contributed by atoms with E-state index < -0.39 is 5.97 Å². The number of aromatic nitrogens is 2. The Balaban J connectivity index is 2.04. The number of carbonyl (C=O) groups is 2. The van der Waals surface area contributed by atoms with Crippen LogP contribution >= 0.6 is 0 Å². The molecule has 2 aromatic carbocycles. The predicted octanol–water partition coefficient (Wildman–Crippen LogP) is 6.27. The maximum Gasteiger partial charge on any atom is 0.309 e. The number of rotatable bonds is 6. The van der Waals surface area contributed by atoms with Gasteiger partial charge in [0.05, 0.1) is 16.9 Å². The first-order chi connectivity index (χ1) is 15.4. The Morgan fingerprint density at radius 2 is 1.64 bits per heavy atom. The van der Waals surface area contributed by atoms with Crippen molar-refractivity contribution in [2.45, 2.75) is 60.8 Å². The molecule has 0 aliphatic rings. The zero-order valence-corrected chi connectivity index (χ0v) is 20.5. The second-order valence-electron chi connectivity index (χ2n) is 9.92. The number of ether oxygens (including phenoxy) is 1. The molecule has 3 aromatic rings. The third-order valence-electron chi connectivity index (χ3n) is 5.08. The van der Waals surface area contributed by atoms with Gasteiger partial charge in [-0.3, -0.25) is 9.59 Å². The highest BCUT2D eigenvalue weighted by Gasteiger charge is 2.25. The van der Waals surface area contributed by atoms with Crippen LogP contribution in [-0.2, 0) is 9.59 Å². The lowest BCUT2D eigenvalue weighted by atomic mass is 9.92. The van der Waals surface area contributed by atoms with Gasteiger partial charge in [0.15, 0.2) is 0 Å². The summed E-state index contributed by atoms with van der Waals surface area (Å²) < 4.78 is 7.37. The number of anilines is 1. The zero-order chi connectivity index (χ0) is 24.3. The van der Waals surface area contributed by atoms with E-state index >= 15 is 0 Å². The summed E-state index contributed by atoms with van der Waals surface area (Å²) in [6, 6.07) is 15.5. The number of benzene rings is 2. The van der Waals surface area contributed by atoms with Crippen molar-refractivity contribution in [2.24, 2.45) is 5.41 Å². The smallest absolute Gasteiger partial charge is 0.309 e. The minimum Gasteiger partial charge on any atom is -0.407 e. The quantitative estimate of drug-likeness (QED) is 0.452. The molecule has 6 nitrogen and oxygen atoms in total. The molecule has 0 radical (unpaired) electrons. The van der Waals surface area contributed by atoms with Crippen LogP contribution in [0.2, 0.25) is 0 Å². The molecular formula is C27H33N3O3. The predicted molar refractivity (Wildman–Crippen MR) is 132 cm³/mol. The summed E-state index contributed by atoms with van der Waals surface area (Å²) in [4.78, 5) is 24.3. The van der Waals surface area contributed by atoms with E-state index in [-0.39, 0.29) is 17.2 Å². The highest BCUT2D eigenvalue weighted by atomic mass is 16.5. The number of nitrogens with zero attached hydrogens (tertiary/aromatic N) is 2. The Kier molecular flexibility index (Phi) is 7.06. The lowest BCUT2D eigenvalue weighted by Gasteiger charge is -2.17. The van der Waals surface area contributed by atoms with Crippen LogP contribution in [0.5, 0.6) is 5.88 Å². The van der Waals surface area contributed by atoms with Crippen molar-refractivity contribution in [1.29, 1.82) is 0 Å². The van der Waals surface area contributed by atoms with Gasteiger partial charge in [-0.15, -0.1) is 0 Å². The molecule has 0 saturated heterocycles. The van der Waals surface area contributed by atoms with Crippen LogP contribution in [0, 0.1) is 12.3 Å². The molecule has 0 saturated carbocycles. The lowest BCUT2D eigenvalue weighted by Crippen LogP contribution is -2.19. The van der Waals surface area contributed by atoms with E-state index in [0.717, 1.165) is 33.8 Å². The molecule has 1 amide bonds. The molecule has 0 aliphatic heterocycles. The summed E-state index contributed by atoms with van der Waals surface area (Å²) in [5.74, 6) is 0.0588. The van der Waals surface area contributed by atoms with Crippen molar-refractivity contribution < 1.29 is 14.3 Å². The molecule has 1 aromatic heterocycles. The van der Waals surface area contributed by atoms with Crippen LogP contribution < -0.4 is 10.1 Å². The molecule has 33 heavy (non-hydrogen) atoms. The van der Waals surface area contributed by atoms with Crippen LogP contribution in [0.3, 0.4) is 0 Å². The Hall–Kier alpha value is -3.41. The van der Waals surface area contributed by atoms with Gasteiger partial charge < -0.3 is 10.1 Å². The number of aryl methyl sites for hydroxylation is 1. The van der Waals surface area contributed by atoms with Crippen LogP contribution in [-0.4, -0.2) is 21.7 Å². The molecular weight excluding hydrogens is 414 g/mol. The summed E-state index contributed by atoms with van der Waals surface area (Å²) in [5.41, 5.74) is 5.05. The molecule has 0 unspecified atom stereocenters. The Morgan fingerprint density at radius 3 is 2.15 bits per heavy atom. The minimum atomic E-state index is -0.411. The summed E-state index contributed by atoms with van der Waals surface area (Å²) in [7, 11) is 0. The van der Waals surface area contributed by atoms with E-state index in [0.29, 0.717) is 12.3 Å². The van der Waals surface area contributed by atoms with Gasteiger partial charge in [0.2, 0.25) is 11.8 Å². The van der Waals surface area contributed by atoms with Crippen molar-refractivity contribution >= 4 is 17.6 Å². The number of hydrogen-bond donors (Lipinski definition) is 1. The molecule has 1 N–H and O–H groups in total. The van der Waals surface area contributed by atoms with E-state index in [1.54, 1.807) is 4.68 Å². The summed E-state index contributed by atoms with van der Waals surface area (Å²) in [5, 5.41) is 7.77. The highest BCUT2D eigenvalue weighted by molar-refractivity contribution is 5.91. The van der Waals surface area contributed by atoms with Crippen LogP contribution in [0.25, 0.3) is 16.8 Å². The fraction of sp³-hybridized carbons (Fsp3) is 0.370. The molecule has 174 valence electrons. The molecule has 0 bridgehead atoms. The van der Waals surface area contributed by atoms with Crippen molar-refractivity contribution in [3.8, 4) is 22.7 Å². The van der Waals surface area contributed by atoms with Crippen LogP contribution in [0.1, 0.15) is 65.1 Å². The Labute approximate surface area is 196 Å². The van der Waals surface area contributed by atoms with E-state index in [9.17, 15) is 9.59 Å². The number of esters is 1. The molecule has 0 atom stereocenters. The Morgan fingerprint density at radius 1 is 1.03 bits per heavy atom. The van der Waals surface area contributed by atoms with Crippen molar-refractivity contribution in [2.75, 3.05) is 5.32 Å². The fourth-order valence-electron chi connectivity index (χ4n) is 3.59. The van der Waals surface area contributed by atoms with E-state index in [4.69, 9.17) is 9.84 Å². The molecule has 6 heteroatoms. The van der Waals surface area contributed by atoms with Crippen molar-refractivity contribution in [3.63, 3.8) is 0 Å². The number of carbonyl (C=O) groups excluding carboxylic acids is 2. The van der Waals surface area contributed by atoms with Gasteiger partial charge >= 0.3 is 5.97 Å². The van der Waals surface area contributed by atoms with Crippen LogP contribution in [0.4, 0.5) is 5.69 Å². The van der Waals surface area contributed by atoms with Gasteiger partial charge in [0.1, 0.15) is 0 Å². The van der Waals surface area contributed by atoms with Gasteiger partial charge in [-0.05, 0) is 48.1 Å². The van der Waals surface area contributed by atoms with Crippen LogP contribution in [0.15, 0.2) is 48.5 Å². The maximum atomic E-state index is 12.3. The maximum absolute atomic E-state index is 12.3.